The number of nitrogens with zero attached hydrogens (tertiary/aromatic N) is 2. The minimum absolute atomic E-state index is 0. The van der Waals surface area contributed by atoms with Crippen LogP contribution in [0.1, 0.15) is 18.5 Å². The average Bonchev–Trinajstić information content (AvgIpc) is 2.38. The third kappa shape index (κ3) is 4.68. The molecule has 0 bridgehead atoms. The summed E-state index contributed by atoms with van der Waals surface area (Å²) in [6.45, 7) is 6.55. The molecule has 1 aromatic carbocycles. The second kappa shape index (κ2) is 8.96. The molecule has 1 fully saturated rings. The summed E-state index contributed by atoms with van der Waals surface area (Å²) in [5.41, 5.74) is 2.38. The van der Waals surface area contributed by atoms with Gasteiger partial charge in [0.2, 0.25) is 0 Å². The first-order valence-corrected chi connectivity index (χ1v) is 6.89. The summed E-state index contributed by atoms with van der Waals surface area (Å²) in [7, 11) is 4.07. The Balaban J connectivity index is 0.00000180. The van der Waals surface area contributed by atoms with Crippen molar-refractivity contribution < 1.29 is 0 Å². The summed E-state index contributed by atoms with van der Waals surface area (Å²) in [5, 5.41) is 4.25. The fourth-order valence-electron chi connectivity index (χ4n) is 2.40. The lowest BCUT2D eigenvalue weighted by atomic mass is 10.1. The highest BCUT2D eigenvalue weighted by Gasteiger charge is 2.20. The van der Waals surface area contributed by atoms with Gasteiger partial charge in [0.05, 0.1) is 0 Å². The predicted molar refractivity (Wildman–Crippen MR) is 93.1 cm³/mol. The van der Waals surface area contributed by atoms with E-state index >= 15 is 0 Å². The van der Waals surface area contributed by atoms with Gasteiger partial charge in [-0.05, 0) is 24.6 Å². The van der Waals surface area contributed by atoms with E-state index in [2.05, 4.69) is 40.2 Å². The molecule has 0 spiro atoms. The van der Waals surface area contributed by atoms with Crippen molar-refractivity contribution in [2.45, 2.75) is 13.0 Å². The Morgan fingerprint density at radius 1 is 1.20 bits per heavy atom. The van der Waals surface area contributed by atoms with Crippen LogP contribution in [0.25, 0.3) is 0 Å². The van der Waals surface area contributed by atoms with Crippen LogP contribution < -0.4 is 10.2 Å². The fraction of sp³-hybridized carbons (Fsp3) is 0.571. The van der Waals surface area contributed by atoms with Gasteiger partial charge in [0, 0.05) is 57.0 Å². The zero-order valence-corrected chi connectivity index (χ0v) is 14.6. The minimum atomic E-state index is 0. The van der Waals surface area contributed by atoms with Gasteiger partial charge in [0.1, 0.15) is 0 Å². The number of halogens is 3. The zero-order valence-electron chi connectivity index (χ0n) is 12.2. The Morgan fingerprint density at radius 3 is 2.30 bits per heavy atom. The van der Waals surface area contributed by atoms with Crippen molar-refractivity contribution in [2.75, 3.05) is 45.2 Å². The lowest BCUT2D eigenvalue weighted by molar-refractivity contribution is 0.185. The molecule has 0 amide bonds. The fourth-order valence-corrected chi connectivity index (χ4v) is 2.73. The van der Waals surface area contributed by atoms with Crippen molar-refractivity contribution in [1.29, 1.82) is 0 Å². The molecule has 0 unspecified atom stereocenters. The maximum atomic E-state index is 6.42. The molecule has 1 aromatic rings. The Hall–Kier alpha value is -0.190. The number of hydrogen-bond donors (Lipinski definition) is 1. The maximum absolute atomic E-state index is 6.42. The van der Waals surface area contributed by atoms with Crippen LogP contribution in [0.3, 0.4) is 0 Å². The molecule has 1 N–H and O–H groups in total. The first-order valence-electron chi connectivity index (χ1n) is 6.51. The summed E-state index contributed by atoms with van der Waals surface area (Å²) in [6.07, 6.45) is 0. The van der Waals surface area contributed by atoms with Gasteiger partial charge < -0.3 is 10.2 Å². The second-order valence-electron chi connectivity index (χ2n) is 5.06. The van der Waals surface area contributed by atoms with Crippen molar-refractivity contribution in [3.05, 3.63) is 28.8 Å². The molecule has 3 nitrogen and oxygen atoms in total. The molecule has 116 valence electrons. The number of benzene rings is 1. The Bertz CT molecular complexity index is 407. The molecule has 0 aromatic heterocycles. The first kappa shape index (κ1) is 19.8. The molecule has 0 aliphatic carbocycles. The third-order valence-electron chi connectivity index (χ3n) is 3.65. The number of anilines is 1. The van der Waals surface area contributed by atoms with Crippen LogP contribution in [-0.2, 0) is 0 Å². The summed E-state index contributed by atoms with van der Waals surface area (Å²) in [4.78, 5) is 4.55. The minimum Gasteiger partial charge on any atom is -0.378 e. The normalized spacial score (nSPS) is 16.8. The molecule has 1 atom stereocenters. The first-order chi connectivity index (χ1) is 8.59. The maximum Gasteiger partial charge on any atom is 0.0474 e. The Kier molecular flexibility index (Phi) is 8.87. The van der Waals surface area contributed by atoms with E-state index < -0.39 is 0 Å². The van der Waals surface area contributed by atoms with E-state index in [9.17, 15) is 0 Å². The quantitative estimate of drug-likeness (QED) is 0.911. The summed E-state index contributed by atoms with van der Waals surface area (Å²) >= 11 is 6.42. The Morgan fingerprint density at radius 2 is 1.80 bits per heavy atom. The van der Waals surface area contributed by atoms with Gasteiger partial charge in [0.15, 0.2) is 0 Å². The summed E-state index contributed by atoms with van der Waals surface area (Å²) in [5.74, 6) is 0. The van der Waals surface area contributed by atoms with Gasteiger partial charge in [-0.3, -0.25) is 4.90 Å². The SMILES string of the molecule is C[C@@H](c1ccc(N(C)C)cc1Cl)N1CCNCC1.Cl.Cl. The van der Waals surface area contributed by atoms with Crippen molar-refractivity contribution >= 4 is 42.1 Å². The van der Waals surface area contributed by atoms with Crippen LogP contribution in [0.5, 0.6) is 0 Å². The molecule has 1 aliphatic rings. The highest BCUT2D eigenvalue weighted by molar-refractivity contribution is 6.31. The van der Waals surface area contributed by atoms with Gasteiger partial charge in [-0.2, -0.15) is 0 Å². The molecular formula is C14H24Cl3N3. The van der Waals surface area contributed by atoms with Gasteiger partial charge >= 0.3 is 0 Å². The Labute approximate surface area is 139 Å². The third-order valence-corrected chi connectivity index (χ3v) is 3.98. The van der Waals surface area contributed by atoms with Crippen molar-refractivity contribution in [3.63, 3.8) is 0 Å². The van der Waals surface area contributed by atoms with Crippen LogP contribution >= 0.6 is 36.4 Å². The van der Waals surface area contributed by atoms with E-state index in [1.807, 2.05) is 14.1 Å². The molecule has 1 aliphatic heterocycles. The second-order valence-corrected chi connectivity index (χ2v) is 5.47. The van der Waals surface area contributed by atoms with Crippen LogP contribution in [-0.4, -0.2) is 45.2 Å². The molecular weight excluding hydrogens is 317 g/mol. The van der Waals surface area contributed by atoms with E-state index in [4.69, 9.17) is 11.6 Å². The summed E-state index contributed by atoms with van der Waals surface area (Å²) in [6, 6.07) is 6.73. The van der Waals surface area contributed by atoms with E-state index in [1.54, 1.807) is 0 Å². The van der Waals surface area contributed by atoms with Crippen LogP contribution in [0.4, 0.5) is 5.69 Å². The van der Waals surface area contributed by atoms with E-state index in [-0.39, 0.29) is 24.8 Å². The predicted octanol–water partition coefficient (Wildman–Crippen LogP) is 3.22. The molecule has 1 heterocycles. The number of hydrogen-bond acceptors (Lipinski definition) is 3. The smallest absolute Gasteiger partial charge is 0.0474 e. The number of rotatable bonds is 3. The van der Waals surface area contributed by atoms with Gasteiger partial charge in [0.25, 0.3) is 0 Å². The van der Waals surface area contributed by atoms with Gasteiger partial charge in [-0.1, -0.05) is 17.7 Å². The highest BCUT2D eigenvalue weighted by atomic mass is 35.5. The van der Waals surface area contributed by atoms with Crippen molar-refractivity contribution in [3.8, 4) is 0 Å². The number of piperazine rings is 1. The molecule has 0 saturated carbocycles. The van der Waals surface area contributed by atoms with Crippen LogP contribution in [0, 0.1) is 0 Å². The molecule has 20 heavy (non-hydrogen) atoms. The zero-order chi connectivity index (χ0) is 13.1. The molecule has 1 saturated heterocycles. The summed E-state index contributed by atoms with van der Waals surface area (Å²) < 4.78 is 0. The van der Waals surface area contributed by atoms with Crippen LogP contribution in [0.15, 0.2) is 18.2 Å². The molecule has 2 rings (SSSR count). The van der Waals surface area contributed by atoms with Gasteiger partial charge in [-0.25, -0.2) is 0 Å². The van der Waals surface area contributed by atoms with E-state index in [0.717, 1.165) is 36.9 Å². The van der Waals surface area contributed by atoms with E-state index in [1.165, 1.54) is 5.56 Å². The van der Waals surface area contributed by atoms with Crippen molar-refractivity contribution in [2.24, 2.45) is 0 Å². The molecule has 6 heteroatoms. The standard InChI is InChI=1S/C14H22ClN3.2ClH/c1-11(18-8-6-16-7-9-18)13-5-4-12(17(2)3)10-14(13)15;;/h4-5,10-11,16H,6-9H2,1-3H3;2*1H/t11-;;/m0../s1. The lowest BCUT2D eigenvalue weighted by Gasteiger charge is -2.33. The number of nitrogens with one attached hydrogen (secondary N) is 1. The van der Waals surface area contributed by atoms with Gasteiger partial charge in [-0.15, -0.1) is 24.8 Å². The average molecular weight is 341 g/mol. The lowest BCUT2D eigenvalue weighted by Crippen LogP contribution is -2.44. The van der Waals surface area contributed by atoms with Crippen LogP contribution in [0.2, 0.25) is 5.02 Å². The largest absolute Gasteiger partial charge is 0.378 e. The van der Waals surface area contributed by atoms with Crippen molar-refractivity contribution in [1.82, 2.24) is 10.2 Å². The topological polar surface area (TPSA) is 18.5 Å². The van der Waals surface area contributed by atoms with E-state index in [0.29, 0.717) is 6.04 Å². The highest BCUT2D eigenvalue weighted by Crippen LogP contribution is 2.30. The molecule has 0 radical (unpaired) electrons. The monoisotopic (exact) mass is 339 g/mol.